The minimum absolute atomic E-state index is 1.05. The molecule has 3 heteroatoms. The van der Waals surface area contributed by atoms with E-state index in [9.17, 15) is 0 Å². The van der Waals surface area contributed by atoms with Crippen LogP contribution in [0.1, 0.15) is 5.56 Å². The van der Waals surface area contributed by atoms with Gasteiger partial charge in [-0.1, -0.05) is 152 Å². The van der Waals surface area contributed by atoms with E-state index >= 15 is 0 Å². The summed E-state index contributed by atoms with van der Waals surface area (Å²) in [7, 11) is 0. The van der Waals surface area contributed by atoms with Crippen molar-refractivity contribution in [1.29, 1.82) is 0 Å². The molecule has 0 spiro atoms. The molecule has 11 aromatic carbocycles. The summed E-state index contributed by atoms with van der Waals surface area (Å²) in [6, 6.07) is 75.6. The molecule has 0 bridgehead atoms. The highest BCUT2D eigenvalue weighted by molar-refractivity contribution is 6.27. The summed E-state index contributed by atoms with van der Waals surface area (Å²) in [6.07, 6.45) is 0. The maximum absolute atomic E-state index is 2.48. The Kier molecular flexibility index (Phi) is 7.14. The van der Waals surface area contributed by atoms with Crippen molar-refractivity contribution in [3.8, 4) is 5.69 Å². The van der Waals surface area contributed by atoms with Crippen molar-refractivity contribution >= 4 is 99.0 Å². The van der Waals surface area contributed by atoms with E-state index in [0.717, 1.165) is 45.6 Å². The van der Waals surface area contributed by atoms with E-state index in [0.29, 0.717) is 0 Å². The largest absolute Gasteiger partial charge is 0.295 e. The molecular formula is C55H37N3. The van der Waals surface area contributed by atoms with Gasteiger partial charge in [0.15, 0.2) is 0 Å². The topological polar surface area (TPSA) is 11.4 Å². The molecule has 3 nitrogen and oxygen atoms in total. The van der Waals surface area contributed by atoms with E-state index in [1.54, 1.807) is 0 Å². The summed E-state index contributed by atoms with van der Waals surface area (Å²) in [5.41, 5.74) is 6.69. The molecule has 1 heterocycles. The molecule has 0 aliphatic rings. The van der Waals surface area contributed by atoms with Crippen LogP contribution in [0.3, 0.4) is 0 Å². The van der Waals surface area contributed by atoms with E-state index in [4.69, 9.17) is 0 Å². The second-order valence-corrected chi connectivity index (χ2v) is 15.4. The number of nitrogens with zero attached hydrogens (tertiary/aromatic N) is 3. The second-order valence-electron chi connectivity index (χ2n) is 15.4. The lowest BCUT2D eigenvalue weighted by atomic mass is 9.93. The van der Waals surface area contributed by atoms with Gasteiger partial charge in [-0.05, 0) is 121 Å². The third-order valence-electron chi connectivity index (χ3n) is 12.1. The summed E-state index contributed by atoms with van der Waals surface area (Å²) < 4.78 is 2.46. The zero-order valence-corrected chi connectivity index (χ0v) is 32.0. The quantitative estimate of drug-likeness (QED) is 0.151. The first-order valence-electron chi connectivity index (χ1n) is 20.0. The van der Waals surface area contributed by atoms with Gasteiger partial charge >= 0.3 is 0 Å². The summed E-state index contributed by atoms with van der Waals surface area (Å²) in [4.78, 5) is 4.94. The van der Waals surface area contributed by atoms with Crippen LogP contribution in [0.15, 0.2) is 206 Å². The maximum atomic E-state index is 2.48. The van der Waals surface area contributed by atoms with Crippen molar-refractivity contribution in [3.05, 3.63) is 212 Å². The Labute approximate surface area is 336 Å². The Morgan fingerprint density at radius 1 is 0.345 bits per heavy atom. The fourth-order valence-corrected chi connectivity index (χ4v) is 9.63. The summed E-state index contributed by atoms with van der Waals surface area (Å²) in [6.45, 7) is 2.26. The van der Waals surface area contributed by atoms with Crippen molar-refractivity contribution in [1.82, 2.24) is 4.57 Å². The normalized spacial score (nSPS) is 11.9. The van der Waals surface area contributed by atoms with Crippen LogP contribution in [0.25, 0.3) is 70.3 Å². The highest BCUT2D eigenvalue weighted by atomic mass is 15.3. The number of hydrogen-bond acceptors (Lipinski definition) is 2. The first-order chi connectivity index (χ1) is 28.7. The average Bonchev–Trinajstić information content (AvgIpc) is 3.62. The number of aromatic nitrogens is 1. The number of rotatable bonds is 7. The smallest absolute Gasteiger partial charge is 0.127 e. The summed E-state index contributed by atoms with van der Waals surface area (Å²) >= 11 is 0. The highest BCUT2D eigenvalue weighted by Gasteiger charge is 2.29. The molecule has 0 unspecified atom stereocenters. The fourth-order valence-electron chi connectivity index (χ4n) is 9.63. The monoisotopic (exact) mass is 739 g/mol. The van der Waals surface area contributed by atoms with Gasteiger partial charge in [-0.25, -0.2) is 0 Å². The maximum Gasteiger partial charge on any atom is 0.127 e. The van der Waals surface area contributed by atoms with Gasteiger partial charge in [0.05, 0.1) is 11.4 Å². The van der Waals surface area contributed by atoms with Gasteiger partial charge in [0, 0.05) is 27.8 Å². The third-order valence-corrected chi connectivity index (χ3v) is 12.1. The molecule has 0 atom stereocenters. The van der Waals surface area contributed by atoms with E-state index in [1.807, 2.05) is 0 Å². The third kappa shape index (κ3) is 4.80. The number of aryl methyl sites for hydroxylation is 1. The Morgan fingerprint density at radius 2 is 0.741 bits per heavy atom. The van der Waals surface area contributed by atoms with Crippen LogP contribution in [0.5, 0.6) is 0 Å². The van der Waals surface area contributed by atoms with Crippen molar-refractivity contribution in [3.63, 3.8) is 0 Å². The molecule has 0 saturated heterocycles. The van der Waals surface area contributed by atoms with E-state index in [1.165, 1.54) is 64.6 Å². The van der Waals surface area contributed by atoms with Gasteiger partial charge in [-0.15, -0.1) is 0 Å². The first-order valence-corrected chi connectivity index (χ1v) is 20.0. The lowest BCUT2D eigenvalue weighted by molar-refractivity contribution is 1.01. The lowest BCUT2D eigenvalue weighted by Crippen LogP contribution is -2.19. The van der Waals surface area contributed by atoms with Gasteiger partial charge in [0.2, 0.25) is 0 Å². The van der Waals surface area contributed by atoms with Gasteiger partial charge in [-0.3, -0.25) is 14.4 Å². The Balaban J connectivity index is 1.19. The van der Waals surface area contributed by atoms with Crippen LogP contribution >= 0.6 is 0 Å². The molecule has 0 amide bonds. The molecule has 0 N–H and O–H groups in total. The van der Waals surface area contributed by atoms with E-state index in [-0.39, 0.29) is 0 Å². The van der Waals surface area contributed by atoms with Crippen molar-refractivity contribution in [2.75, 3.05) is 9.80 Å². The summed E-state index contributed by atoms with van der Waals surface area (Å²) in [5, 5.41) is 15.2. The number of para-hydroxylation sites is 3. The van der Waals surface area contributed by atoms with Crippen molar-refractivity contribution in [2.24, 2.45) is 0 Å². The van der Waals surface area contributed by atoms with Crippen LogP contribution < -0.4 is 9.80 Å². The number of hydrogen-bond donors (Lipinski definition) is 0. The molecule has 12 aromatic rings. The predicted molar refractivity (Wildman–Crippen MR) is 247 cm³/mol. The van der Waals surface area contributed by atoms with Gasteiger partial charge in [0.25, 0.3) is 0 Å². The average molecular weight is 740 g/mol. The van der Waals surface area contributed by atoms with Crippen LogP contribution in [0.4, 0.5) is 34.4 Å². The van der Waals surface area contributed by atoms with Crippen LogP contribution in [-0.4, -0.2) is 4.57 Å². The minimum Gasteiger partial charge on any atom is -0.295 e. The zero-order chi connectivity index (χ0) is 38.3. The van der Waals surface area contributed by atoms with Gasteiger partial charge in [-0.2, -0.15) is 0 Å². The minimum atomic E-state index is 1.05. The van der Waals surface area contributed by atoms with Crippen LogP contribution in [0.2, 0.25) is 0 Å². The van der Waals surface area contributed by atoms with E-state index in [2.05, 4.69) is 228 Å². The second kappa shape index (κ2) is 12.7. The van der Waals surface area contributed by atoms with E-state index < -0.39 is 0 Å². The molecule has 0 aliphatic heterocycles. The zero-order valence-electron chi connectivity index (χ0n) is 32.0. The van der Waals surface area contributed by atoms with Crippen molar-refractivity contribution < 1.29 is 0 Å². The first kappa shape index (κ1) is 32.6. The van der Waals surface area contributed by atoms with Crippen LogP contribution in [-0.2, 0) is 0 Å². The lowest BCUT2D eigenvalue weighted by Gasteiger charge is -2.32. The standard InChI is InChI=1S/C55H37N3/c1-36-35-50(56(43-17-5-2-6-18-43)48-33-29-41-25-23-37-13-11-15-39-27-31-46(48)53(41)51(37)39)58(45-21-9-4-10-22-45)55(36)57(44-19-7-3-8-20-44)49-34-30-42-26-24-38-14-12-16-40-28-32-47(49)54(42)52(38)40/h2-35H,1H3. The molecule has 0 radical (unpaired) electrons. The Morgan fingerprint density at radius 3 is 1.24 bits per heavy atom. The van der Waals surface area contributed by atoms with Gasteiger partial charge in [0.1, 0.15) is 11.6 Å². The predicted octanol–water partition coefficient (Wildman–Crippen LogP) is 15.5. The highest BCUT2D eigenvalue weighted by Crippen LogP contribution is 2.50. The molecule has 58 heavy (non-hydrogen) atoms. The van der Waals surface area contributed by atoms with Crippen molar-refractivity contribution in [2.45, 2.75) is 6.92 Å². The molecule has 12 rings (SSSR count). The molecule has 0 aliphatic carbocycles. The molecule has 0 saturated carbocycles. The molecule has 272 valence electrons. The fraction of sp³-hybridized carbons (Fsp3) is 0.0182. The number of benzene rings is 11. The Bertz CT molecular complexity index is 3430. The number of anilines is 6. The van der Waals surface area contributed by atoms with Gasteiger partial charge < -0.3 is 0 Å². The van der Waals surface area contributed by atoms with Crippen LogP contribution in [0, 0.1) is 6.92 Å². The SMILES string of the molecule is Cc1cc(N(c2ccccc2)c2ccc3ccc4cccc5ccc2c3c45)n(-c2ccccc2)c1N(c1ccccc1)c1ccc2ccc3cccc4ccc1c2c34. The summed E-state index contributed by atoms with van der Waals surface area (Å²) in [5.74, 6) is 2.14. The molecule has 0 fully saturated rings. The Hall–Kier alpha value is -7.62. The molecular weight excluding hydrogens is 703 g/mol. The molecule has 1 aromatic heterocycles.